The number of carbonyl (C=O) groups is 3. The molecule has 6 nitrogen and oxygen atoms in total. The van der Waals surface area contributed by atoms with E-state index in [4.69, 9.17) is 14.2 Å². The maximum atomic E-state index is 12.8. The third kappa shape index (κ3) is 54.1. The Labute approximate surface area is 421 Å². The van der Waals surface area contributed by atoms with E-state index in [1.54, 1.807) is 0 Å². The second kappa shape index (κ2) is 56.7. The monoisotopic (exact) mass is 951 g/mol. The van der Waals surface area contributed by atoms with Crippen molar-refractivity contribution >= 4 is 17.9 Å². The van der Waals surface area contributed by atoms with Gasteiger partial charge in [0.2, 0.25) is 0 Å². The normalized spacial score (nSPS) is 12.5. The van der Waals surface area contributed by atoms with E-state index in [9.17, 15) is 14.4 Å². The van der Waals surface area contributed by atoms with Crippen LogP contribution in [-0.2, 0) is 28.6 Å². The number of carbonyl (C=O) groups excluding carboxylic acids is 3. The fourth-order valence-corrected chi connectivity index (χ4v) is 8.38. The number of allylic oxidation sites excluding steroid dienone is 10. The minimum atomic E-state index is -0.773. The highest BCUT2D eigenvalue weighted by Crippen LogP contribution is 2.16. The molecule has 68 heavy (non-hydrogen) atoms. The average Bonchev–Trinajstić information content (AvgIpc) is 3.34. The van der Waals surface area contributed by atoms with E-state index in [0.717, 1.165) is 96.3 Å². The maximum Gasteiger partial charge on any atom is 0.306 e. The molecule has 0 aromatic rings. The molecule has 0 saturated carbocycles. The van der Waals surface area contributed by atoms with Crippen molar-refractivity contribution in [3.63, 3.8) is 0 Å². The number of unbranched alkanes of at least 4 members (excludes halogenated alkanes) is 32. The molecule has 1 atom stereocenters. The molecule has 394 valence electrons. The van der Waals surface area contributed by atoms with Gasteiger partial charge in [0.05, 0.1) is 0 Å². The molecule has 6 heteroatoms. The molecule has 0 bridgehead atoms. The zero-order valence-corrected chi connectivity index (χ0v) is 45.1. The van der Waals surface area contributed by atoms with E-state index in [1.807, 2.05) is 0 Å². The van der Waals surface area contributed by atoms with Crippen LogP contribution in [0.2, 0.25) is 0 Å². The van der Waals surface area contributed by atoms with E-state index in [0.29, 0.717) is 19.3 Å². The van der Waals surface area contributed by atoms with Gasteiger partial charge in [-0.2, -0.15) is 0 Å². The van der Waals surface area contributed by atoms with Gasteiger partial charge in [0.1, 0.15) is 13.2 Å². The molecule has 0 spiro atoms. The summed E-state index contributed by atoms with van der Waals surface area (Å²) in [6.07, 6.45) is 70.9. The zero-order chi connectivity index (χ0) is 49.3. The van der Waals surface area contributed by atoms with Gasteiger partial charge in [-0.05, 0) is 77.0 Å². The highest BCUT2D eigenvalue weighted by atomic mass is 16.6. The molecular formula is C62H110O6. The summed E-state index contributed by atoms with van der Waals surface area (Å²) in [5, 5.41) is 0. The standard InChI is InChI=1S/C62H110O6/c1-4-7-10-13-16-19-22-24-25-26-27-28-29-30-31-32-33-34-35-36-37-39-40-43-46-49-52-55-61(64)67-58-59(57-66-60(63)54-51-48-45-42-21-18-15-12-9-6-3)68-62(65)56-53-50-47-44-41-38-23-20-17-14-11-8-5-2/h7,10,12,15-16,19,24-25,27-28,59H,4-6,8-9,11,13-14,17-18,20-23,26,29-58H2,1-3H3/b10-7-,15-12-,19-16-,25-24-,28-27-. The molecular weight excluding hydrogens is 841 g/mol. The minimum Gasteiger partial charge on any atom is -0.462 e. The Kier molecular flexibility index (Phi) is 54.3. The van der Waals surface area contributed by atoms with Gasteiger partial charge in [-0.15, -0.1) is 0 Å². The third-order valence-electron chi connectivity index (χ3n) is 12.7. The predicted octanol–water partition coefficient (Wildman–Crippen LogP) is 19.6. The molecule has 0 aromatic carbocycles. The quantitative estimate of drug-likeness (QED) is 0.0262. The lowest BCUT2D eigenvalue weighted by molar-refractivity contribution is -0.167. The fraction of sp³-hybridized carbons (Fsp3) is 0.790. The Hall–Kier alpha value is -2.89. The van der Waals surface area contributed by atoms with E-state index < -0.39 is 6.10 Å². The second-order valence-corrected chi connectivity index (χ2v) is 19.5. The summed E-state index contributed by atoms with van der Waals surface area (Å²) < 4.78 is 16.8. The summed E-state index contributed by atoms with van der Waals surface area (Å²) >= 11 is 0. The van der Waals surface area contributed by atoms with Gasteiger partial charge in [0.15, 0.2) is 6.10 Å². The molecule has 0 aliphatic carbocycles. The molecule has 0 fully saturated rings. The van der Waals surface area contributed by atoms with Crippen LogP contribution in [0.3, 0.4) is 0 Å². The molecule has 0 aliphatic rings. The first kappa shape index (κ1) is 65.1. The van der Waals surface area contributed by atoms with E-state index >= 15 is 0 Å². The molecule has 0 rings (SSSR count). The summed E-state index contributed by atoms with van der Waals surface area (Å²) in [6, 6.07) is 0. The molecule has 0 aliphatic heterocycles. The van der Waals surface area contributed by atoms with Gasteiger partial charge >= 0.3 is 17.9 Å². The smallest absolute Gasteiger partial charge is 0.306 e. The Balaban J connectivity index is 4.15. The van der Waals surface area contributed by atoms with Crippen molar-refractivity contribution in [2.24, 2.45) is 0 Å². The lowest BCUT2D eigenvalue weighted by atomic mass is 10.0. The topological polar surface area (TPSA) is 78.9 Å². The first-order valence-electron chi connectivity index (χ1n) is 29.3. The van der Waals surface area contributed by atoms with Gasteiger partial charge in [-0.3, -0.25) is 14.4 Å². The van der Waals surface area contributed by atoms with E-state index in [1.165, 1.54) is 161 Å². The first-order chi connectivity index (χ1) is 33.5. The molecule has 0 heterocycles. The molecule has 0 amide bonds. The summed E-state index contributed by atoms with van der Waals surface area (Å²) in [5.41, 5.74) is 0. The number of esters is 3. The Morgan fingerprint density at radius 1 is 0.309 bits per heavy atom. The van der Waals surface area contributed by atoms with E-state index in [2.05, 4.69) is 81.5 Å². The van der Waals surface area contributed by atoms with Gasteiger partial charge in [0, 0.05) is 19.3 Å². The lowest BCUT2D eigenvalue weighted by Crippen LogP contribution is -2.30. The van der Waals surface area contributed by atoms with Crippen molar-refractivity contribution in [2.45, 2.75) is 303 Å². The van der Waals surface area contributed by atoms with Gasteiger partial charge < -0.3 is 14.2 Å². The van der Waals surface area contributed by atoms with Crippen molar-refractivity contribution in [2.75, 3.05) is 13.2 Å². The largest absolute Gasteiger partial charge is 0.462 e. The molecule has 0 N–H and O–H groups in total. The van der Waals surface area contributed by atoms with Crippen LogP contribution in [0.5, 0.6) is 0 Å². The van der Waals surface area contributed by atoms with Gasteiger partial charge in [-0.1, -0.05) is 261 Å². The summed E-state index contributed by atoms with van der Waals surface area (Å²) in [6.45, 7) is 6.48. The average molecular weight is 952 g/mol. The van der Waals surface area contributed by atoms with Crippen LogP contribution in [0.1, 0.15) is 297 Å². The number of hydrogen-bond acceptors (Lipinski definition) is 6. The van der Waals surface area contributed by atoms with Crippen LogP contribution in [0.25, 0.3) is 0 Å². The lowest BCUT2D eigenvalue weighted by Gasteiger charge is -2.18. The Morgan fingerprint density at radius 3 is 0.971 bits per heavy atom. The SMILES string of the molecule is CC/C=C\C/C=C\C/C=C\C/C=C\CCCCCCCCCCCCCCCCC(=O)OCC(COC(=O)CCCCCCC/C=C\CCC)OC(=O)CCCCCCCCCCCCCCC. The Bertz CT molecular complexity index is 1230. The Morgan fingerprint density at radius 2 is 0.603 bits per heavy atom. The van der Waals surface area contributed by atoms with Crippen molar-refractivity contribution < 1.29 is 28.6 Å². The minimum absolute atomic E-state index is 0.0736. The summed E-state index contributed by atoms with van der Waals surface area (Å²) in [4.78, 5) is 38.0. The van der Waals surface area contributed by atoms with Crippen LogP contribution in [0.4, 0.5) is 0 Å². The van der Waals surface area contributed by atoms with E-state index in [-0.39, 0.29) is 31.1 Å². The predicted molar refractivity (Wildman–Crippen MR) is 293 cm³/mol. The maximum absolute atomic E-state index is 12.8. The number of hydrogen-bond donors (Lipinski definition) is 0. The fourth-order valence-electron chi connectivity index (χ4n) is 8.38. The van der Waals surface area contributed by atoms with Gasteiger partial charge in [0.25, 0.3) is 0 Å². The van der Waals surface area contributed by atoms with Crippen molar-refractivity contribution in [1.82, 2.24) is 0 Å². The third-order valence-corrected chi connectivity index (χ3v) is 12.7. The molecule has 0 radical (unpaired) electrons. The summed E-state index contributed by atoms with van der Waals surface area (Å²) in [5.74, 6) is -0.873. The van der Waals surface area contributed by atoms with Crippen molar-refractivity contribution in [3.05, 3.63) is 60.8 Å². The van der Waals surface area contributed by atoms with Crippen molar-refractivity contribution in [1.29, 1.82) is 0 Å². The van der Waals surface area contributed by atoms with Crippen LogP contribution in [0.15, 0.2) is 60.8 Å². The van der Waals surface area contributed by atoms with Crippen molar-refractivity contribution in [3.8, 4) is 0 Å². The second-order valence-electron chi connectivity index (χ2n) is 19.5. The molecule has 1 unspecified atom stereocenters. The van der Waals surface area contributed by atoms with Crippen LogP contribution in [0, 0.1) is 0 Å². The highest BCUT2D eigenvalue weighted by Gasteiger charge is 2.19. The summed E-state index contributed by atoms with van der Waals surface area (Å²) in [7, 11) is 0. The first-order valence-corrected chi connectivity index (χ1v) is 29.3. The molecule has 0 saturated heterocycles. The number of rotatable bonds is 53. The van der Waals surface area contributed by atoms with Crippen LogP contribution >= 0.6 is 0 Å². The van der Waals surface area contributed by atoms with Crippen LogP contribution in [-0.4, -0.2) is 37.2 Å². The van der Waals surface area contributed by atoms with Crippen LogP contribution < -0.4 is 0 Å². The highest BCUT2D eigenvalue weighted by molar-refractivity contribution is 5.71. The zero-order valence-electron chi connectivity index (χ0n) is 45.1. The van der Waals surface area contributed by atoms with Gasteiger partial charge in [-0.25, -0.2) is 0 Å². The molecule has 0 aromatic heterocycles. The number of ether oxygens (including phenoxy) is 3.